The molecule has 0 saturated heterocycles. The van der Waals surface area contributed by atoms with Crippen LogP contribution in [-0.2, 0) is 12.1 Å². The van der Waals surface area contributed by atoms with Crippen LogP contribution in [0.3, 0.4) is 0 Å². The van der Waals surface area contributed by atoms with E-state index in [0.717, 1.165) is 21.9 Å². The molecule has 1 aromatic carbocycles. The second-order valence-electron chi connectivity index (χ2n) is 6.02. The molecule has 0 spiro atoms. The maximum atomic E-state index is 5.71. The van der Waals surface area contributed by atoms with Gasteiger partial charge in [0, 0.05) is 5.54 Å². The maximum Gasteiger partial charge on any atom is 0.257 e. The Bertz CT molecular complexity index is 843. The molecule has 24 heavy (non-hydrogen) atoms. The average molecular weight is 343 g/mol. The Kier molecular flexibility index (Phi) is 3.74. The van der Waals surface area contributed by atoms with E-state index in [1.54, 1.807) is 11.3 Å². The lowest BCUT2D eigenvalue weighted by Gasteiger charge is -2.26. The van der Waals surface area contributed by atoms with Crippen LogP contribution in [0.25, 0.3) is 10.8 Å². The molecule has 6 nitrogen and oxygen atoms in total. The summed E-state index contributed by atoms with van der Waals surface area (Å²) in [6.07, 6.45) is 0. The van der Waals surface area contributed by atoms with E-state index in [-0.39, 0.29) is 12.3 Å². The minimum atomic E-state index is -0.279. The largest absolute Gasteiger partial charge is 0.454 e. The lowest BCUT2D eigenvalue weighted by Crippen LogP contribution is -2.36. The highest BCUT2D eigenvalue weighted by atomic mass is 32.1. The number of nitrogens with zero attached hydrogens (tertiary/aromatic N) is 2. The van der Waals surface area contributed by atoms with Gasteiger partial charge in [-0.25, -0.2) is 0 Å². The fraction of sp³-hybridized carbons (Fsp3) is 0.294. The van der Waals surface area contributed by atoms with Gasteiger partial charge in [-0.3, -0.25) is 5.32 Å². The van der Waals surface area contributed by atoms with Gasteiger partial charge in [0.2, 0.25) is 12.7 Å². The highest BCUT2D eigenvalue weighted by Gasteiger charge is 2.24. The number of thiophene rings is 1. The van der Waals surface area contributed by atoms with Crippen LogP contribution in [0.15, 0.2) is 40.1 Å². The molecule has 1 aliphatic heterocycles. The summed E-state index contributed by atoms with van der Waals surface area (Å²) in [5, 5.41) is 13.6. The lowest BCUT2D eigenvalue weighted by atomic mass is 9.94. The second-order valence-corrected chi connectivity index (χ2v) is 6.97. The van der Waals surface area contributed by atoms with Crippen molar-refractivity contribution >= 4 is 11.3 Å². The summed E-state index contributed by atoms with van der Waals surface area (Å²) in [6, 6.07) is 9.89. The van der Waals surface area contributed by atoms with E-state index < -0.39 is 0 Å². The Labute approximate surface area is 143 Å². The SMILES string of the molecule is CC(C)(NCc1nnc(-c2cccs2)o1)c1ccc2c(c1)OCO2. The minimum Gasteiger partial charge on any atom is -0.454 e. The molecular formula is C17H17N3O3S. The van der Waals surface area contributed by atoms with Gasteiger partial charge in [0.25, 0.3) is 5.89 Å². The number of rotatable bonds is 5. The Morgan fingerprint density at radius 2 is 2.04 bits per heavy atom. The van der Waals surface area contributed by atoms with Crippen molar-refractivity contribution < 1.29 is 13.9 Å². The van der Waals surface area contributed by atoms with Gasteiger partial charge in [0.15, 0.2) is 11.5 Å². The second kappa shape index (κ2) is 5.92. The number of benzene rings is 1. The molecule has 124 valence electrons. The van der Waals surface area contributed by atoms with Crippen molar-refractivity contribution in [2.45, 2.75) is 25.9 Å². The highest BCUT2D eigenvalue weighted by molar-refractivity contribution is 7.13. The van der Waals surface area contributed by atoms with Crippen molar-refractivity contribution in [2.24, 2.45) is 0 Å². The first-order valence-electron chi connectivity index (χ1n) is 7.63. The Morgan fingerprint density at radius 1 is 1.17 bits per heavy atom. The Hall–Kier alpha value is -2.38. The molecule has 0 saturated carbocycles. The molecule has 0 aliphatic carbocycles. The van der Waals surface area contributed by atoms with Gasteiger partial charge in [-0.1, -0.05) is 12.1 Å². The number of nitrogens with one attached hydrogen (secondary N) is 1. The molecule has 0 amide bonds. The highest BCUT2D eigenvalue weighted by Crippen LogP contribution is 2.35. The average Bonchev–Trinajstić information content (AvgIpc) is 3.32. The van der Waals surface area contributed by atoms with E-state index in [1.165, 1.54) is 0 Å². The van der Waals surface area contributed by atoms with Gasteiger partial charge in [-0.15, -0.1) is 21.5 Å². The van der Waals surface area contributed by atoms with Crippen LogP contribution in [-0.4, -0.2) is 17.0 Å². The summed E-state index contributed by atoms with van der Waals surface area (Å²) < 4.78 is 16.5. The number of hydrogen-bond acceptors (Lipinski definition) is 7. The van der Waals surface area contributed by atoms with Gasteiger partial charge in [0.05, 0.1) is 11.4 Å². The van der Waals surface area contributed by atoms with Gasteiger partial charge in [-0.2, -0.15) is 0 Å². The third-order valence-corrected chi connectivity index (χ3v) is 4.83. The standard InChI is InChI=1S/C17H17N3O3S/c1-17(2,11-5-6-12-13(8-11)22-10-21-12)18-9-15-19-20-16(23-15)14-4-3-7-24-14/h3-8,18H,9-10H2,1-2H3. The van der Waals surface area contributed by atoms with E-state index in [1.807, 2.05) is 35.7 Å². The quantitative estimate of drug-likeness (QED) is 0.764. The van der Waals surface area contributed by atoms with Crippen LogP contribution < -0.4 is 14.8 Å². The molecule has 2 aromatic heterocycles. The van der Waals surface area contributed by atoms with Gasteiger partial charge >= 0.3 is 0 Å². The van der Waals surface area contributed by atoms with Crippen LogP contribution in [0.5, 0.6) is 11.5 Å². The van der Waals surface area contributed by atoms with E-state index in [4.69, 9.17) is 13.9 Å². The summed E-state index contributed by atoms with van der Waals surface area (Å²) in [7, 11) is 0. The zero-order valence-corrected chi connectivity index (χ0v) is 14.2. The number of aromatic nitrogens is 2. The van der Waals surface area contributed by atoms with Crippen molar-refractivity contribution in [3.05, 3.63) is 47.2 Å². The fourth-order valence-corrected chi connectivity index (χ4v) is 3.15. The van der Waals surface area contributed by atoms with Gasteiger partial charge in [-0.05, 0) is 43.0 Å². The minimum absolute atomic E-state index is 0.278. The van der Waals surface area contributed by atoms with Crippen molar-refractivity contribution in [2.75, 3.05) is 6.79 Å². The summed E-state index contributed by atoms with van der Waals surface area (Å²) in [4.78, 5) is 0.976. The van der Waals surface area contributed by atoms with Crippen LogP contribution in [0, 0.1) is 0 Å². The van der Waals surface area contributed by atoms with E-state index in [0.29, 0.717) is 18.3 Å². The topological polar surface area (TPSA) is 69.4 Å². The van der Waals surface area contributed by atoms with E-state index in [9.17, 15) is 0 Å². The zero-order valence-electron chi connectivity index (χ0n) is 13.4. The lowest BCUT2D eigenvalue weighted by molar-refractivity contribution is 0.174. The predicted octanol–water partition coefficient (Wildman–Crippen LogP) is 3.55. The van der Waals surface area contributed by atoms with E-state index >= 15 is 0 Å². The fourth-order valence-electron chi connectivity index (χ4n) is 2.51. The molecule has 1 N–H and O–H groups in total. The molecule has 0 unspecified atom stereocenters. The van der Waals surface area contributed by atoms with E-state index in [2.05, 4.69) is 29.4 Å². The van der Waals surface area contributed by atoms with Crippen LogP contribution in [0.1, 0.15) is 25.3 Å². The summed E-state index contributed by atoms with van der Waals surface area (Å²) in [6.45, 7) is 4.96. The van der Waals surface area contributed by atoms with Crippen molar-refractivity contribution in [3.8, 4) is 22.3 Å². The molecule has 0 atom stereocenters. The van der Waals surface area contributed by atoms with Crippen molar-refractivity contribution in [3.63, 3.8) is 0 Å². The maximum absolute atomic E-state index is 5.71. The zero-order chi connectivity index (χ0) is 16.6. The summed E-state index contributed by atoms with van der Waals surface area (Å²) in [5.74, 6) is 2.68. The number of hydrogen-bond donors (Lipinski definition) is 1. The first kappa shape index (κ1) is 15.2. The van der Waals surface area contributed by atoms with Crippen LogP contribution >= 0.6 is 11.3 Å². The summed E-state index contributed by atoms with van der Waals surface area (Å²) in [5.41, 5.74) is 0.822. The monoisotopic (exact) mass is 343 g/mol. The molecule has 7 heteroatoms. The molecule has 4 rings (SSSR count). The van der Waals surface area contributed by atoms with Crippen LogP contribution in [0.2, 0.25) is 0 Å². The van der Waals surface area contributed by atoms with Gasteiger partial charge < -0.3 is 13.9 Å². The number of fused-ring (bicyclic) bond motifs is 1. The predicted molar refractivity (Wildman–Crippen MR) is 90.0 cm³/mol. The van der Waals surface area contributed by atoms with Crippen LogP contribution in [0.4, 0.5) is 0 Å². The molecular weight excluding hydrogens is 326 g/mol. The van der Waals surface area contributed by atoms with Crippen molar-refractivity contribution in [1.82, 2.24) is 15.5 Å². The summed E-state index contributed by atoms with van der Waals surface area (Å²) >= 11 is 1.58. The molecule has 0 radical (unpaired) electrons. The first-order valence-corrected chi connectivity index (χ1v) is 8.51. The molecule has 3 heterocycles. The third kappa shape index (κ3) is 2.88. The first-order chi connectivity index (χ1) is 11.6. The normalized spacial score (nSPS) is 13.4. The molecule has 0 bridgehead atoms. The number of ether oxygens (including phenoxy) is 2. The van der Waals surface area contributed by atoms with Gasteiger partial charge in [0.1, 0.15) is 0 Å². The Morgan fingerprint density at radius 3 is 2.88 bits per heavy atom. The third-order valence-electron chi connectivity index (χ3n) is 3.97. The van der Waals surface area contributed by atoms with Crippen molar-refractivity contribution in [1.29, 1.82) is 0 Å². The molecule has 1 aliphatic rings. The molecule has 3 aromatic rings. The smallest absolute Gasteiger partial charge is 0.257 e. The molecule has 0 fully saturated rings. The Balaban J connectivity index is 1.46.